The van der Waals surface area contributed by atoms with Gasteiger partial charge in [-0.1, -0.05) is 20.8 Å². The van der Waals surface area contributed by atoms with Crippen LogP contribution in [0.5, 0.6) is 0 Å². The van der Waals surface area contributed by atoms with E-state index in [0.717, 1.165) is 29.5 Å². The second-order valence-electron chi connectivity index (χ2n) is 9.10. The lowest BCUT2D eigenvalue weighted by molar-refractivity contribution is -0.384. The highest BCUT2D eigenvalue weighted by Gasteiger charge is 2.33. The number of thiophene rings is 1. The first-order valence-electron chi connectivity index (χ1n) is 9.99. The molecule has 30 heavy (non-hydrogen) atoms. The Kier molecular flexibility index (Phi) is 4.02. The summed E-state index contributed by atoms with van der Waals surface area (Å²) >= 11 is 1.74. The van der Waals surface area contributed by atoms with Gasteiger partial charge in [-0.2, -0.15) is 5.10 Å². The van der Waals surface area contributed by atoms with Gasteiger partial charge in [0.05, 0.1) is 10.3 Å². The Hall–Kier alpha value is -2.88. The van der Waals surface area contributed by atoms with Crippen molar-refractivity contribution in [2.24, 2.45) is 18.4 Å². The van der Waals surface area contributed by atoms with Crippen LogP contribution >= 0.6 is 11.3 Å². The van der Waals surface area contributed by atoms with Crippen molar-refractivity contribution in [3.63, 3.8) is 0 Å². The van der Waals surface area contributed by atoms with Gasteiger partial charge < -0.3 is 0 Å². The molecule has 156 valence electrons. The molecular formula is C20H23N7O2S. The Morgan fingerprint density at radius 1 is 1.30 bits per heavy atom. The molecular weight excluding hydrogens is 402 g/mol. The molecule has 5 rings (SSSR count). The van der Waals surface area contributed by atoms with Crippen molar-refractivity contribution < 1.29 is 4.92 Å². The van der Waals surface area contributed by atoms with Gasteiger partial charge in [-0.15, -0.1) is 16.4 Å². The van der Waals surface area contributed by atoms with Crippen LogP contribution in [0.15, 0.2) is 6.33 Å². The van der Waals surface area contributed by atoms with E-state index in [1.54, 1.807) is 36.2 Å². The van der Waals surface area contributed by atoms with Crippen molar-refractivity contribution in [3.8, 4) is 11.5 Å². The van der Waals surface area contributed by atoms with Crippen LogP contribution in [0.4, 0.5) is 5.69 Å². The Morgan fingerprint density at radius 3 is 2.77 bits per heavy atom. The molecule has 0 bridgehead atoms. The van der Waals surface area contributed by atoms with Crippen molar-refractivity contribution in [1.29, 1.82) is 0 Å². The van der Waals surface area contributed by atoms with E-state index in [4.69, 9.17) is 4.98 Å². The number of fused-ring (bicyclic) bond motifs is 5. The van der Waals surface area contributed by atoms with Crippen molar-refractivity contribution in [2.45, 2.75) is 47.0 Å². The van der Waals surface area contributed by atoms with E-state index in [-0.39, 0.29) is 11.1 Å². The lowest BCUT2D eigenvalue weighted by atomic mass is 9.72. The molecule has 1 aliphatic carbocycles. The van der Waals surface area contributed by atoms with Crippen molar-refractivity contribution in [2.75, 3.05) is 0 Å². The van der Waals surface area contributed by atoms with E-state index in [1.165, 1.54) is 15.1 Å². The second kappa shape index (κ2) is 6.31. The van der Waals surface area contributed by atoms with Gasteiger partial charge in [0, 0.05) is 11.9 Å². The number of hydrogen-bond acceptors (Lipinski definition) is 7. The highest BCUT2D eigenvalue weighted by molar-refractivity contribution is 7.19. The summed E-state index contributed by atoms with van der Waals surface area (Å²) in [6.07, 6.45) is 4.83. The molecule has 0 spiro atoms. The minimum absolute atomic E-state index is 0.0574. The molecule has 0 unspecified atom stereocenters. The monoisotopic (exact) mass is 425 g/mol. The van der Waals surface area contributed by atoms with E-state index >= 15 is 0 Å². The molecule has 0 amide bonds. The SMILES string of the molecule is Cc1nn(C)c(-c2nc3c4c5c(sc4ncn3n2)C[C@H](C(C)(C)C)CC5)c1[N+](=O)[O-]. The Bertz CT molecular complexity index is 1320. The molecule has 4 aromatic rings. The summed E-state index contributed by atoms with van der Waals surface area (Å²) in [5.74, 6) is 0.935. The zero-order valence-corrected chi connectivity index (χ0v) is 18.4. The van der Waals surface area contributed by atoms with Crippen molar-refractivity contribution in [1.82, 2.24) is 29.4 Å². The van der Waals surface area contributed by atoms with Crippen LogP contribution in [-0.4, -0.2) is 34.3 Å². The molecule has 0 saturated carbocycles. The van der Waals surface area contributed by atoms with Gasteiger partial charge >= 0.3 is 5.69 Å². The lowest BCUT2D eigenvalue weighted by Crippen LogP contribution is -2.26. The highest BCUT2D eigenvalue weighted by Crippen LogP contribution is 2.43. The van der Waals surface area contributed by atoms with Gasteiger partial charge in [0.2, 0.25) is 5.82 Å². The quantitative estimate of drug-likeness (QED) is 0.354. The largest absolute Gasteiger partial charge is 0.321 e. The summed E-state index contributed by atoms with van der Waals surface area (Å²) in [4.78, 5) is 22.9. The van der Waals surface area contributed by atoms with Crippen LogP contribution in [0.1, 0.15) is 43.3 Å². The van der Waals surface area contributed by atoms with Crippen LogP contribution in [0.25, 0.3) is 27.4 Å². The lowest BCUT2D eigenvalue weighted by Gasteiger charge is -2.33. The maximum Gasteiger partial charge on any atom is 0.321 e. The molecule has 4 heterocycles. The van der Waals surface area contributed by atoms with Gasteiger partial charge in [-0.25, -0.2) is 14.5 Å². The van der Waals surface area contributed by atoms with Crippen LogP contribution in [0, 0.1) is 28.4 Å². The summed E-state index contributed by atoms with van der Waals surface area (Å²) in [7, 11) is 1.67. The zero-order valence-electron chi connectivity index (χ0n) is 17.6. The fourth-order valence-electron chi connectivity index (χ4n) is 4.53. The van der Waals surface area contributed by atoms with Gasteiger partial charge in [0.1, 0.15) is 16.9 Å². The van der Waals surface area contributed by atoms with Gasteiger partial charge in [0.25, 0.3) is 0 Å². The van der Waals surface area contributed by atoms with E-state index in [9.17, 15) is 10.1 Å². The molecule has 0 N–H and O–H groups in total. The maximum absolute atomic E-state index is 11.6. The van der Waals surface area contributed by atoms with E-state index in [2.05, 4.69) is 36.0 Å². The zero-order chi connectivity index (χ0) is 21.4. The number of hydrogen-bond donors (Lipinski definition) is 0. The minimum Gasteiger partial charge on any atom is -0.258 e. The minimum atomic E-state index is -0.420. The molecule has 9 nitrogen and oxygen atoms in total. The first kappa shape index (κ1) is 19.1. The molecule has 10 heteroatoms. The van der Waals surface area contributed by atoms with E-state index in [1.807, 2.05) is 0 Å². The second-order valence-corrected chi connectivity index (χ2v) is 10.2. The van der Waals surface area contributed by atoms with Crippen LogP contribution in [0.2, 0.25) is 0 Å². The predicted octanol–water partition coefficient (Wildman–Crippen LogP) is 4.11. The average Bonchev–Trinajstić information content (AvgIpc) is 3.31. The molecule has 0 aliphatic heterocycles. The molecule has 0 fully saturated rings. The number of nitrogens with zero attached hydrogens (tertiary/aromatic N) is 7. The van der Waals surface area contributed by atoms with Crippen molar-refractivity contribution in [3.05, 3.63) is 32.6 Å². The number of aromatic nitrogens is 6. The van der Waals surface area contributed by atoms with E-state index in [0.29, 0.717) is 28.8 Å². The molecule has 4 aromatic heterocycles. The predicted molar refractivity (Wildman–Crippen MR) is 115 cm³/mol. The van der Waals surface area contributed by atoms with Gasteiger partial charge in [-0.05, 0) is 43.1 Å². The van der Waals surface area contributed by atoms with Crippen molar-refractivity contribution >= 4 is 32.9 Å². The number of nitro groups is 1. The third-order valence-corrected chi connectivity index (χ3v) is 7.36. The van der Waals surface area contributed by atoms with Gasteiger partial charge in [0.15, 0.2) is 11.3 Å². The first-order chi connectivity index (χ1) is 14.1. The molecule has 0 aromatic carbocycles. The number of aryl methyl sites for hydroxylation is 3. The Balaban J connectivity index is 1.70. The fourth-order valence-corrected chi connectivity index (χ4v) is 5.79. The maximum atomic E-state index is 11.6. The molecule has 0 radical (unpaired) electrons. The normalized spacial score (nSPS) is 17.0. The third-order valence-electron chi connectivity index (χ3n) is 6.20. The van der Waals surface area contributed by atoms with Crippen LogP contribution in [-0.2, 0) is 19.9 Å². The number of rotatable bonds is 2. The summed E-state index contributed by atoms with van der Waals surface area (Å²) in [6.45, 7) is 8.54. The van der Waals surface area contributed by atoms with Crippen LogP contribution in [0.3, 0.4) is 0 Å². The topological polar surface area (TPSA) is 104 Å². The fraction of sp³-hybridized carbons (Fsp3) is 0.500. The molecule has 0 saturated heterocycles. The molecule has 1 atom stereocenters. The van der Waals surface area contributed by atoms with E-state index < -0.39 is 4.92 Å². The summed E-state index contributed by atoms with van der Waals surface area (Å²) in [5, 5.41) is 21.4. The smallest absolute Gasteiger partial charge is 0.258 e. The average molecular weight is 426 g/mol. The van der Waals surface area contributed by atoms with Gasteiger partial charge in [-0.3, -0.25) is 14.8 Å². The summed E-state index contributed by atoms with van der Waals surface area (Å²) < 4.78 is 3.11. The Labute approximate surface area is 176 Å². The standard InChI is InChI=1S/C20H23N7O2S/c1-10-15(27(28)29)16(25(5)23-10)17-22-18-14-12-7-6-11(20(2,3)4)8-13(12)30-19(14)21-9-26(18)24-17/h9,11H,6-8H2,1-5H3/t11-/m1/s1. The molecule has 1 aliphatic rings. The summed E-state index contributed by atoms with van der Waals surface area (Å²) in [5.41, 5.74) is 2.89. The third kappa shape index (κ3) is 2.73. The highest BCUT2D eigenvalue weighted by atomic mass is 32.1. The Morgan fingerprint density at radius 2 is 2.07 bits per heavy atom. The first-order valence-corrected chi connectivity index (χ1v) is 10.8. The summed E-state index contributed by atoms with van der Waals surface area (Å²) in [6, 6.07) is 0. The van der Waals surface area contributed by atoms with Crippen LogP contribution < -0.4 is 0 Å².